The summed E-state index contributed by atoms with van der Waals surface area (Å²) >= 11 is 0. The minimum absolute atomic E-state index is 0.0343. The number of hydrogen-bond acceptors (Lipinski definition) is 3. The second-order valence-corrected chi connectivity index (χ2v) is 5.07. The van der Waals surface area contributed by atoms with Crippen molar-refractivity contribution in [2.24, 2.45) is 5.92 Å². The highest BCUT2D eigenvalue weighted by Crippen LogP contribution is 2.20. The third kappa shape index (κ3) is 3.81. The van der Waals surface area contributed by atoms with Crippen LogP contribution in [0.15, 0.2) is 18.2 Å². The fourth-order valence-electron chi connectivity index (χ4n) is 2.40. The van der Waals surface area contributed by atoms with Crippen LogP contribution in [0.1, 0.15) is 28.8 Å². The van der Waals surface area contributed by atoms with Crippen molar-refractivity contribution in [3.63, 3.8) is 0 Å². The van der Waals surface area contributed by atoms with Crippen LogP contribution in [0, 0.1) is 23.6 Å². The Hall–Kier alpha value is -1.90. The van der Waals surface area contributed by atoms with Gasteiger partial charge in [-0.2, -0.15) is 0 Å². The van der Waals surface area contributed by atoms with E-state index >= 15 is 0 Å². The maximum Gasteiger partial charge on any atom is 0.256 e. The van der Waals surface area contributed by atoms with E-state index in [9.17, 15) is 9.18 Å². The first-order chi connectivity index (χ1) is 10.2. The molecule has 0 radical (unpaired) electrons. The normalized spacial score (nSPS) is 15.5. The lowest BCUT2D eigenvalue weighted by Gasteiger charge is -2.31. The van der Waals surface area contributed by atoms with Crippen LogP contribution in [-0.4, -0.2) is 47.3 Å². The average Bonchev–Trinajstić information content (AvgIpc) is 2.52. The van der Waals surface area contributed by atoms with Crippen LogP contribution >= 0.6 is 0 Å². The number of amides is 1. The monoisotopic (exact) mass is 291 g/mol. The number of aliphatic hydroxyl groups excluding tert-OH is 2. The summed E-state index contributed by atoms with van der Waals surface area (Å²) in [4.78, 5) is 13.9. The van der Waals surface area contributed by atoms with Crippen LogP contribution in [-0.2, 0) is 0 Å². The second-order valence-electron chi connectivity index (χ2n) is 5.07. The van der Waals surface area contributed by atoms with Gasteiger partial charge in [-0.05, 0) is 37.0 Å². The first-order valence-electron chi connectivity index (χ1n) is 6.95. The third-order valence-electron chi connectivity index (χ3n) is 3.67. The Morgan fingerprint density at radius 1 is 1.33 bits per heavy atom. The molecule has 0 bridgehead atoms. The molecule has 1 fully saturated rings. The molecule has 1 aromatic rings. The van der Waals surface area contributed by atoms with Crippen molar-refractivity contribution in [1.82, 2.24) is 4.90 Å². The van der Waals surface area contributed by atoms with Crippen molar-refractivity contribution in [1.29, 1.82) is 0 Å². The van der Waals surface area contributed by atoms with Gasteiger partial charge >= 0.3 is 0 Å². The maximum atomic E-state index is 14.0. The van der Waals surface area contributed by atoms with E-state index in [1.807, 2.05) is 0 Å². The molecule has 1 aliphatic rings. The van der Waals surface area contributed by atoms with Gasteiger partial charge in [0.1, 0.15) is 12.4 Å². The number of benzene rings is 1. The Balaban J connectivity index is 2.09. The minimum Gasteiger partial charge on any atom is -0.396 e. The van der Waals surface area contributed by atoms with Crippen molar-refractivity contribution < 1.29 is 19.4 Å². The molecule has 0 saturated carbocycles. The van der Waals surface area contributed by atoms with Gasteiger partial charge in [-0.25, -0.2) is 4.39 Å². The van der Waals surface area contributed by atoms with E-state index < -0.39 is 5.82 Å². The van der Waals surface area contributed by atoms with Gasteiger partial charge in [-0.3, -0.25) is 4.79 Å². The van der Waals surface area contributed by atoms with Crippen LogP contribution in [0.3, 0.4) is 0 Å². The fraction of sp³-hybridized carbons (Fsp3) is 0.438. The molecule has 4 nitrogen and oxygen atoms in total. The van der Waals surface area contributed by atoms with Gasteiger partial charge in [0.15, 0.2) is 0 Å². The lowest BCUT2D eigenvalue weighted by atomic mass is 9.97. The van der Waals surface area contributed by atoms with Crippen molar-refractivity contribution in [2.45, 2.75) is 12.8 Å². The van der Waals surface area contributed by atoms with Gasteiger partial charge in [0.05, 0.1) is 5.56 Å². The highest BCUT2D eigenvalue weighted by Gasteiger charge is 2.24. The average molecular weight is 291 g/mol. The van der Waals surface area contributed by atoms with E-state index in [0.717, 1.165) is 12.8 Å². The number of piperidine rings is 1. The molecule has 0 unspecified atom stereocenters. The number of carbonyl (C=O) groups excluding carboxylic acids is 1. The van der Waals surface area contributed by atoms with Gasteiger partial charge in [-0.15, -0.1) is 0 Å². The molecule has 1 heterocycles. The Morgan fingerprint density at radius 3 is 2.62 bits per heavy atom. The number of carbonyl (C=O) groups is 1. The lowest BCUT2D eigenvalue weighted by molar-refractivity contribution is 0.0646. The Kier molecular flexibility index (Phi) is 5.32. The SMILES string of the molecule is O=C(c1ccc(C#CCO)cc1F)N1CCC(CO)CC1. The summed E-state index contributed by atoms with van der Waals surface area (Å²) in [5.74, 6) is 4.34. The molecule has 1 aromatic carbocycles. The van der Waals surface area contributed by atoms with Crippen LogP contribution in [0.4, 0.5) is 4.39 Å². The molecular weight excluding hydrogens is 273 g/mol. The van der Waals surface area contributed by atoms with Gasteiger partial charge in [-0.1, -0.05) is 11.8 Å². The molecular formula is C16H18FNO3. The molecule has 2 N–H and O–H groups in total. The molecule has 5 heteroatoms. The zero-order valence-electron chi connectivity index (χ0n) is 11.7. The molecule has 0 atom stereocenters. The predicted molar refractivity (Wildman–Crippen MR) is 76.1 cm³/mol. The maximum absolute atomic E-state index is 14.0. The third-order valence-corrected chi connectivity index (χ3v) is 3.67. The topological polar surface area (TPSA) is 60.8 Å². The Morgan fingerprint density at radius 2 is 2.05 bits per heavy atom. The quantitative estimate of drug-likeness (QED) is 0.800. The highest BCUT2D eigenvalue weighted by molar-refractivity contribution is 5.94. The molecule has 1 saturated heterocycles. The summed E-state index contributed by atoms with van der Waals surface area (Å²) in [6.45, 7) is 0.919. The molecule has 0 aromatic heterocycles. The van der Waals surface area contributed by atoms with Gasteiger partial charge < -0.3 is 15.1 Å². The molecule has 1 aliphatic heterocycles. The zero-order chi connectivity index (χ0) is 15.2. The van der Waals surface area contributed by atoms with E-state index in [0.29, 0.717) is 18.7 Å². The Bertz CT molecular complexity index is 569. The first kappa shape index (κ1) is 15.5. The van der Waals surface area contributed by atoms with Gasteiger partial charge in [0.25, 0.3) is 5.91 Å². The van der Waals surface area contributed by atoms with Crippen molar-refractivity contribution in [3.8, 4) is 11.8 Å². The van der Waals surface area contributed by atoms with E-state index in [1.165, 1.54) is 12.1 Å². The van der Waals surface area contributed by atoms with E-state index in [-0.39, 0.29) is 30.6 Å². The van der Waals surface area contributed by atoms with Crippen molar-refractivity contribution >= 4 is 5.91 Å². The molecule has 21 heavy (non-hydrogen) atoms. The smallest absolute Gasteiger partial charge is 0.256 e. The minimum atomic E-state index is -0.603. The van der Waals surface area contributed by atoms with Crippen molar-refractivity contribution in [2.75, 3.05) is 26.3 Å². The highest BCUT2D eigenvalue weighted by atomic mass is 19.1. The number of halogens is 1. The fourth-order valence-corrected chi connectivity index (χ4v) is 2.40. The number of likely N-dealkylation sites (tertiary alicyclic amines) is 1. The molecule has 112 valence electrons. The van der Waals surface area contributed by atoms with E-state index in [1.54, 1.807) is 11.0 Å². The summed E-state index contributed by atoms with van der Waals surface area (Å²) in [5.41, 5.74) is 0.462. The van der Waals surface area contributed by atoms with E-state index in [2.05, 4.69) is 11.8 Å². The zero-order valence-corrected chi connectivity index (χ0v) is 11.7. The van der Waals surface area contributed by atoms with E-state index in [4.69, 9.17) is 10.2 Å². The molecule has 1 amide bonds. The van der Waals surface area contributed by atoms with Gasteiger partial charge in [0, 0.05) is 25.3 Å². The van der Waals surface area contributed by atoms with Crippen LogP contribution in [0.25, 0.3) is 0 Å². The lowest BCUT2D eigenvalue weighted by Crippen LogP contribution is -2.39. The molecule has 2 rings (SSSR count). The number of rotatable bonds is 2. The largest absolute Gasteiger partial charge is 0.396 e. The predicted octanol–water partition coefficient (Wildman–Crippen LogP) is 1.01. The van der Waals surface area contributed by atoms with Crippen molar-refractivity contribution in [3.05, 3.63) is 35.1 Å². The Labute approximate surface area is 123 Å². The first-order valence-corrected chi connectivity index (χ1v) is 6.95. The molecule has 0 aliphatic carbocycles. The van der Waals surface area contributed by atoms with Crippen LogP contribution in [0.5, 0.6) is 0 Å². The van der Waals surface area contributed by atoms with Gasteiger partial charge in [0.2, 0.25) is 0 Å². The van der Waals surface area contributed by atoms with Crippen LogP contribution < -0.4 is 0 Å². The summed E-state index contributed by atoms with van der Waals surface area (Å²) in [5, 5.41) is 17.7. The summed E-state index contributed by atoms with van der Waals surface area (Å²) < 4.78 is 14.0. The summed E-state index contributed by atoms with van der Waals surface area (Å²) in [6.07, 6.45) is 1.48. The second kappa shape index (κ2) is 7.21. The van der Waals surface area contributed by atoms with Crippen LogP contribution in [0.2, 0.25) is 0 Å². The summed E-state index contributed by atoms with van der Waals surface area (Å²) in [7, 11) is 0. The number of hydrogen-bond donors (Lipinski definition) is 2. The molecule has 0 spiro atoms. The summed E-state index contributed by atoms with van der Waals surface area (Å²) in [6, 6.07) is 4.20. The number of aliphatic hydroxyl groups is 2. The number of nitrogens with zero attached hydrogens (tertiary/aromatic N) is 1. The standard InChI is InChI=1S/C16H18FNO3/c17-15-10-12(2-1-9-19)3-4-14(15)16(21)18-7-5-13(11-20)6-8-18/h3-4,10,13,19-20H,5-9,11H2.